The Labute approximate surface area is 96.6 Å². The number of hydrogen-bond donors (Lipinski definition) is 0. The SMILES string of the molecule is O=C1CCC(=O)N1c1cccc(Cl)c1Cl. The highest BCUT2D eigenvalue weighted by Crippen LogP contribution is 2.34. The second-order valence-electron chi connectivity index (χ2n) is 3.20. The molecule has 1 fully saturated rings. The Bertz CT molecular complexity index is 429. The average Bonchev–Trinajstić information content (AvgIpc) is 2.52. The van der Waals surface area contributed by atoms with Crippen LogP contribution < -0.4 is 4.90 Å². The van der Waals surface area contributed by atoms with Crippen molar-refractivity contribution in [2.45, 2.75) is 12.8 Å². The normalized spacial score (nSPS) is 16.3. The van der Waals surface area contributed by atoms with E-state index in [2.05, 4.69) is 0 Å². The van der Waals surface area contributed by atoms with Crippen LogP contribution in [0.4, 0.5) is 5.69 Å². The molecule has 1 heterocycles. The van der Waals surface area contributed by atoms with Crippen molar-refractivity contribution in [3.05, 3.63) is 28.2 Å². The van der Waals surface area contributed by atoms with E-state index in [0.29, 0.717) is 10.7 Å². The summed E-state index contributed by atoms with van der Waals surface area (Å²) in [4.78, 5) is 24.0. The number of carbonyl (C=O) groups is 2. The summed E-state index contributed by atoms with van der Waals surface area (Å²) in [5, 5.41) is 0.574. The Kier molecular flexibility index (Phi) is 2.67. The van der Waals surface area contributed by atoms with Crippen molar-refractivity contribution in [3.63, 3.8) is 0 Å². The van der Waals surface area contributed by atoms with Crippen molar-refractivity contribution in [2.24, 2.45) is 0 Å². The molecule has 1 aliphatic rings. The number of rotatable bonds is 1. The molecule has 2 rings (SSSR count). The molecular formula is C10H7Cl2NO2. The van der Waals surface area contributed by atoms with E-state index in [9.17, 15) is 9.59 Å². The van der Waals surface area contributed by atoms with Crippen molar-refractivity contribution in [3.8, 4) is 0 Å². The Morgan fingerprint density at radius 1 is 1.07 bits per heavy atom. The molecule has 2 amide bonds. The lowest BCUT2D eigenvalue weighted by molar-refractivity contribution is -0.121. The third kappa shape index (κ3) is 1.73. The summed E-state index contributed by atoms with van der Waals surface area (Å²) in [6, 6.07) is 4.87. The third-order valence-corrected chi connectivity index (χ3v) is 3.03. The van der Waals surface area contributed by atoms with Crippen LogP contribution in [0, 0.1) is 0 Å². The van der Waals surface area contributed by atoms with E-state index in [1.54, 1.807) is 18.2 Å². The van der Waals surface area contributed by atoms with Gasteiger partial charge in [-0.1, -0.05) is 29.3 Å². The third-order valence-electron chi connectivity index (χ3n) is 2.22. The molecule has 0 saturated carbocycles. The topological polar surface area (TPSA) is 37.4 Å². The fourth-order valence-electron chi connectivity index (χ4n) is 1.51. The lowest BCUT2D eigenvalue weighted by Gasteiger charge is -2.15. The summed E-state index contributed by atoms with van der Waals surface area (Å²) in [7, 11) is 0. The number of halogens is 2. The maximum Gasteiger partial charge on any atom is 0.234 e. The fourth-order valence-corrected chi connectivity index (χ4v) is 1.89. The summed E-state index contributed by atoms with van der Waals surface area (Å²) in [5.41, 5.74) is 0.372. The summed E-state index contributed by atoms with van der Waals surface area (Å²) >= 11 is 11.7. The van der Waals surface area contributed by atoms with E-state index < -0.39 is 0 Å². The Hall–Kier alpha value is -1.06. The van der Waals surface area contributed by atoms with Crippen LogP contribution in [0.1, 0.15) is 12.8 Å². The zero-order valence-corrected chi connectivity index (χ0v) is 9.18. The van der Waals surface area contributed by atoms with Gasteiger partial charge in [0.2, 0.25) is 11.8 Å². The first-order valence-corrected chi connectivity index (χ1v) is 5.16. The van der Waals surface area contributed by atoms with E-state index in [1.807, 2.05) is 0 Å². The zero-order chi connectivity index (χ0) is 11.0. The first-order chi connectivity index (χ1) is 7.11. The van der Waals surface area contributed by atoms with E-state index in [4.69, 9.17) is 23.2 Å². The predicted molar refractivity (Wildman–Crippen MR) is 58.2 cm³/mol. The molecule has 0 aliphatic carbocycles. The predicted octanol–water partition coefficient (Wildman–Crippen LogP) is 2.65. The van der Waals surface area contributed by atoms with Crippen LogP contribution >= 0.6 is 23.2 Å². The first kappa shape index (κ1) is 10.5. The minimum Gasteiger partial charge on any atom is -0.274 e. The number of benzene rings is 1. The van der Waals surface area contributed by atoms with Crippen molar-refractivity contribution in [2.75, 3.05) is 4.90 Å². The highest BCUT2D eigenvalue weighted by atomic mass is 35.5. The number of amides is 2. The molecule has 0 atom stereocenters. The molecule has 78 valence electrons. The minimum absolute atomic E-state index is 0.232. The Balaban J connectivity index is 2.49. The lowest BCUT2D eigenvalue weighted by Crippen LogP contribution is -2.28. The van der Waals surface area contributed by atoms with Crippen LogP contribution in [0.5, 0.6) is 0 Å². The summed E-state index contributed by atoms with van der Waals surface area (Å²) in [6.45, 7) is 0. The minimum atomic E-state index is -0.232. The highest BCUT2D eigenvalue weighted by Gasteiger charge is 2.31. The van der Waals surface area contributed by atoms with Gasteiger partial charge in [0.05, 0.1) is 15.7 Å². The molecule has 1 aromatic carbocycles. The molecule has 0 N–H and O–H groups in total. The Morgan fingerprint density at radius 2 is 1.67 bits per heavy atom. The van der Waals surface area contributed by atoms with Gasteiger partial charge in [-0.3, -0.25) is 9.59 Å². The maximum absolute atomic E-state index is 11.5. The van der Waals surface area contributed by atoms with Gasteiger partial charge in [0.15, 0.2) is 0 Å². The first-order valence-electron chi connectivity index (χ1n) is 4.41. The molecular weight excluding hydrogens is 237 g/mol. The average molecular weight is 244 g/mol. The lowest BCUT2D eigenvalue weighted by atomic mass is 10.3. The van der Waals surface area contributed by atoms with Gasteiger partial charge >= 0.3 is 0 Å². The molecule has 5 heteroatoms. The molecule has 0 aromatic heterocycles. The number of anilines is 1. The van der Waals surface area contributed by atoms with E-state index in [0.717, 1.165) is 4.90 Å². The van der Waals surface area contributed by atoms with Crippen LogP contribution in [0.25, 0.3) is 0 Å². The van der Waals surface area contributed by atoms with Gasteiger partial charge in [-0.05, 0) is 12.1 Å². The largest absolute Gasteiger partial charge is 0.274 e. The van der Waals surface area contributed by atoms with Crippen LogP contribution in [0.3, 0.4) is 0 Å². The van der Waals surface area contributed by atoms with Crippen molar-refractivity contribution in [1.29, 1.82) is 0 Å². The van der Waals surface area contributed by atoms with Gasteiger partial charge in [0.1, 0.15) is 0 Å². The van der Waals surface area contributed by atoms with Gasteiger partial charge in [-0.25, -0.2) is 4.90 Å². The van der Waals surface area contributed by atoms with E-state index in [-0.39, 0.29) is 29.7 Å². The molecule has 15 heavy (non-hydrogen) atoms. The molecule has 3 nitrogen and oxygen atoms in total. The van der Waals surface area contributed by atoms with E-state index >= 15 is 0 Å². The van der Waals surface area contributed by atoms with Crippen LogP contribution in [-0.2, 0) is 9.59 Å². The van der Waals surface area contributed by atoms with Gasteiger partial charge < -0.3 is 0 Å². The molecule has 0 radical (unpaired) electrons. The summed E-state index contributed by atoms with van der Waals surface area (Å²) < 4.78 is 0. The maximum atomic E-state index is 11.5. The molecule has 1 aliphatic heterocycles. The second kappa shape index (κ2) is 3.83. The summed E-state index contributed by atoms with van der Waals surface area (Å²) in [5.74, 6) is -0.465. The van der Waals surface area contributed by atoms with Gasteiger partial charge in [-0.15, -0.1) is 0 Å². The molecule has 0 spiro atoms. The molecule has 0 bridgehead atoms. The van der Waals surface area contributed by atoms with Crippen molar-refractivity contribution in [1.82, 2.24) is 0 Å². The van der Waals surface area contributed by atoms with Crippen LogP contribution in [0.15, 0.2) is 18.2 Å². The number of imide groups is 1. The molecule has 1 saturated heterocycles. The molecule has 1 aromatic rings. The highest BCUT2D eigenvalue weighted by molar-refractivity contribution is 6.44. The van der Waals surface area contributed by atoms with Gasteiger partial charge in [0, 0.05) is 12.8 Å². The van der Waals surface area contributed by atoms with Gasteiger partial charge in [0.25, 0.3) is 0 Å². The zero-order valence-electron chi connectivity index (χ0n) is 7.67. The monoisotopic (exact) mass is 243 g/mol. The molecule has 0 unspecified atom stereocenters. The fraction of sp³-hybridized carbons (Fsp3) is 0.200. The van der Waals surface area contributed by atoms with E-state index in [1.165, 1.54) is 0 Å². The van der Waals surface area contributed by atoms with Crippen molar-refractivity contribution >= 4 is 40.7 Å². The summed E-state index contributed by atoms with van der Waals surface area (Å²) in [6.07, 6.45) is 0.476. The van der Waals surface area contributed by atoms with Crippen molar-refractivity contribution < 1.29 is 9.59 Å². The smallest absolute Gasteiger partial charge is 0.234 e. The quantitative estimate of drug-likeness (QED) is 0.712. The number of nitrogens with zero attached hydrogens (tertiary/aromatic N) is 1. The number of carbonyl (C=O) groups excluding carboxylic acids is 2. The second-order valence-corrected chi connectivity index (χ2v) is 3.98. The van der Waals surface area contributed by atoms with Gasteiger partial charge in [-0.2, -0.15) is 0 Å². The van der Waals surface area contributed by atoms with Crippen LogP contribution in [0.2, 0.25) is 10.0 Å². The Morgan fingerprint density at radius 3 is 2.27 bits per heavy atom. The standard InChI is InChI=1S/C10H7Cl2NO2/c11-6-2-1-3-7(10(6)12)13-8(14)4-5-9(13)15/h1-3H,4-5H2. The van der Waals surface area contributed by atoms with Crippen LogP contribution in [-0.4, -0.2) is 11.8 Å². The number of hydrogen-bond acceptors (Lipinski definition) is 2.